The van der Waals surface area contributed by atoms with Gasteiger partial charge in [0.1, 0.15) is 89.6 Å². The summed E-state index contributed by atoms with van der Waals surface area (Å²) in [5.41, 5.74) is -0.133. The molecule has 2 aromatic carbocycles. The summed E-state index contributed by atoms with van der Waals surface area (Å²) < 4.78 is 22.6. The second kappa shape index (κ2) is 11.9. The monoisotopic (exact) mass is 596 g/mol. The number of ketones is 1. The Bertz CT molecular complexity index is 1280. The third-order valence-corrected chi connectivity index (χ3v) is 7.72. The van der Waals surface area contributed by atoms with Crippen molar-refractivity contribution in [3.8, 4) is 23.0 Å². The first-order valence-electron chi connectivity index (χ1n) is 13.1. The fraction of sp³-hybridized carbons (Fsp3) is 0.519. The van der Waals surface area contributed by atoms with Crippen molar-refractivity contribution in [3.05, 3.63) is 47.0 Å². The average molecular weight is 597 g/mol. The van der Waals surface area contributed by atoms with Crippen molar-refractivity contribution in [3.63, 3.8) is 0 Å². The van der Waals surface area contributed by atoms with Crippen LogP contribution in [0.25, 0.3) is 0 Å². The highest BCUT2D eigenvalue weighted by atomic mass is 16.7. The number of ether oxygens (including phenoxy) is 4. The van der Waals surface area contributed by atoms with Crippen LogP contribution in [0.1, 0.15) is 40.1 Å². The van der Waals surface area contributed by atoms with E-state index in [-0.39, 0.29) is 29.0 Å². The average Bonchev–Trinajstić information content (AvgIpc) is 2.96. The Hall–Kier alpha value is -3.09. The number of fused-ring (bicyclic) bond motifs is 1. The Labute approximate surface area is 238 Å². The van der Waals surface area contributed by atoms with Gasteiger partial charge in [-0.1, -0.05) is 12.1 Å². The maximum atomic E-state index is 13.1. The molecule has 230 valence electrons. The van der Waals surface area contributed by atoms with E-state index in [2.05, 4.69) is 0 Å². The Morgan fingerprint density at radius 3 is 2.10 bits per heavy atom. The minimum Gasteiger partial charge on any atom is -0.508 e. The largest absolute Gasteiger partial charge is 0.508 e. The summed E-state index contributed by atoms with van der Waals surface area (Å²) in [5.74, 6) is -2.19. The molecule has 2 aromatic rings. The van der Waals surface area contributed by atoms with Crippen LogP contribution in [0.5, 0.6) is 23.0 Å². The van der Waals surface area contributed by atoms with Crippen LogP contribution in [0.4, 0.5) is 0 Å². The molecule has 0 aliphatic carbocycles. The summed E-state index contributed by atoms with van der Waals surface area (Å²) >= 11 is 0. The first-order chi connectivity index (χ1) is 19.9. The second-order valence-electron chi connectivity index (χ2n) is 10.5. The van der Waals surface area contributed by atoms with Crippen LogP contribution in [0.15, 0.2) is 30.3 Å². The fourth-order valence-electron chi connectivity index (χ4n) is 5.36. The molecule has 0 bridgehead atoms. The molecule has 3 aliphatic heterocycles. The third kappa shape index (κ3) is 5.40. The molecule has 0 spiro atoms. The first-order valence-corrected chi connectivity index (χ1v) is 13.1. The SMILES string of the molecule is O=C1CC(c2ccc(O)cc2)Oc2c1c(O)cc(O)c2C1OC(COC2OC(CO)C(O)C(O)C2O)C(O)C(O)C1O. The highest BCUT2D eigenvalue weighted by molar-refractivity contribution is 6.03. The minimum absolute atomic E-state index is 0.0273. The molecule has 2 fully saturated rings. The predicted molar refractivity (Wildman–Crippen MR) is 136 cm³/mol. The lowest BCUT2D eigenvalue weighted by atomic mass is 9.87. The number of aliphatic hydroxyl groups is 7. The molecule has 0 radical (unpaired) electrons. The number of rotatable bonds is 6. The molecule has 2 saturated heterocycles. The van der Waals surface area contributed by atoms with E-state index in [0.29, 0.717) is 5.56 Å². The van der Waals surface area contributed by atoms with E-state index < -0.39 is 97.8 Å². The lowest BCUT2D eigenvalue weighted by Crippen LogP contribution is -2.60. The van der Waals surface area contributed by atoms with Crippen LogP contribution in [0.2, 0.25) is 0 Å². The van der Waals surface area contributed by atoms with Gasteiger partial charge < -0.3 is 70.0 Å². The number of aromatic hydroxyl groups is 3. The quantitative estimate of drug-likeness (QED) is 0.171. The van der Waals surface area contributed by atoms with Gasteiger partial charge in [0.2, 0.25) is 0 Å². The van der Waals surface area contributed by atoms with Crippen molar-refractivity contribution in [2.24, 2.45) is 0 Å². The molecule has 0 aromatic heterocycles. The third-order valence-electron chi connectivity index (χ3n) is 7.72. The zero-order valence-electron chi connectivity index (χ0n) is 21.9. The topological polar surface area (TPSA) is 256 Å². The van der Waals surface area contributed by atoms with Crippen LogP contribution in [0, 0.1) is 0 Å². The number of hydrogen-bond donors (Lipinski definition) is 10. The Morgan fingerprint density at radius 1 is 0.786 bits per heavy atom. The Kier molecular flexibility index (Phi) is 8.60. The normalized spacial score (nSPS) is 36.7. The van der Waals surface area contributed by atoms with Crippen LogP contribution in [-0.4, -0.2) is 125 Å². The number of phenolic OH excluding ortho intramolecular Hbond substituents is 3. The van der Waals surface area contributed by atoms with Gasteiger partial charge >= 0.3 is 0 Å². The Morgan fingerprint density at radius 2 is 1.43 bits per heavy atom. The zero-order valence-corrected chi connectivity index (χ0v) is 21.9. The number of Topliss-reactive ketones (excluding diaryl/α,β-unsaturated/α-hetero) is 1. The minimum atomic E-state index is -1.89. The molecule has 15 heteroatoms. The molecule has 3 aliphatic rings. The zero-order chi connectivity index (χ0) is 30.5. The van der Waals surface area contributed by atoms with Crippen LogP contribution < -0.4 is 4.74 Å². The molecule has 10 N–H and O–H groups in total. The number of hydrogen-bond acceptors (Lipinski definition) is 15. The van der Waals surface area contributed by atoms with Crippen LogP contribution in [0.3, 0.4) is 0 Å². The van der Waals surface area contributed by atoms with Gasteiger partial charge in [0, 0.05) is 6.07 Å². The lowest BCUT2D eigenvalue weighted by molar-refractivity contribution is -0.314. The summed E-state index contributed by atoms with van der Waals surface area (Å²) in [6.45, 7) is -1.34. The van der Waals surface area contributed by atoms with Crippen molar-refractivity contribution in [2.75, 3.05) is 13.2 Å². The van der Waals surface area contributed by atoms with Crippen molar-refractivity contribution in [2.45, 2.75) is 73.8 Å². The van der Waals surface area contributed by atoms with Crippen molar-refractivity contribution in [1.29, 1.82) is 0 Å². The van der Waals surface area contributed by atoms with E-state index in [4.69, 9.17) is 18.9 Å². The molecule has 0 amide bonds. The molecule has 0 saturated carbocycles. The highest BCUT2D eigenvalue weighted by Crippen LogP contribution is 2.50. The first kappa shape index (κ1) is 30.4. The molecule has 3 heterocycles. The fourth-order valence-corrected chi connectivity index (χ4v) is 5.36. The van der Waals surface area contributed by atoms with E-state index in [1.54, 1.807) is 0 Å². The van der Waals surface area contributed by atoms with Crippen molar-refractivity contribution in [1.82, 2.24) is 0 Å². The number of carbonyl (C=O) groups excluding carboxylic acids is 1. The van der Waals surface area contributed by atoms with E-state index in [1.165, 1.54) is 24.3 Å². The van der Waals surface area contributed by atoms with Gasteiger partial charge in [-0.3, -0.25) is 4.79 Å². The van der Waals surface area contributed by atoms with E-state index in [9.17, 15) is 55.9 Å². The van der Waals surface area contributed by atoms with Gasteiger partial charge in [-0.2, -0.15) is 0 Å². The molecule has 5 rings (SSSR count). The van der Waals surface area contributed by atoms with Crippen molar-refractivity contribution >= 4 is 5.78 Å². The van der Waals surface area contributed by atoms with E-state index in [1.807, 2.05) is 0 Å². The second-order valence-corrected chi connectivity index (χ2v) is 10.5. The summed E-state index contributed by atoms with van der Waals surface area (Å²) in [4.78, 5) is 13.1. The molecular formula is C27H32O15. The number of aliphatic hydroxyl groups excluding tert-OH is 7. The van der Waals surface area contributed by atoms with Crippen LogP contribution >= 0.6 is 0 Å². The molecule has 11 unspecified atom stereocenters. The van der Waals surface area contributed by atoms with E-state index >= 15 is 0 Å². The van der Waals surface area contributed by atoms with Gasteiger partial charge in [-0.25, -0.2) is 0 Å². The van der Waals surface area contributed by atoms with Crippen LogP contribution in [-0.2, 0) is 14.2 Å². The lowest BCUT2D eigenvalue weighted by Gasteiger charge is -2.43. The molecular weight excluding hydrogens is 564 g/mol. The van der Waals surface area contributed by atoms with Crippen molar-refractivity contribution < 1.29 is 74.8 Å². The standard InChI is InChI=1S/C27H32O15/c28-7-15-19(33)22(36)24(38)27(42-15)39-8-16-20(34)21(35)23(37)26(41-16)18-12(31)5-11(30)17-13(32)6-14(40-25(17)18)9-1-3-10(29)4-2-9/h1-5,14-16,19-24,26-31,33-38H,6-8H2. The number of phenols is 3. The number of benzene rings is 2. The number of carbonyl (C=O) groups is 1. The van der Waals surface area contributed by atoms with Gasteiger partial charge in [-0.05, 0) is 17.7 Å². The summed E-state index contributed by atoms with van der Waals surface area (Å²) in [5, 5.41) is 103. The predicted octanol–water partition coefficient (Wildman–Crippen LogP) is -2.15. The molecule has 42 heavy (non-hydrogen) atoms. The summed E-state index contributed by atoms with van der Waals surface area (Å²) in [6, 6.07) is 6.64. The highest BCUT2D eigenvalue weighted by Gasteiger charge is 2.49. The van der Waals surface area contributed by atoms with Gasteiger partial charge in [-0.15, -0.1) is 0 Å². The van der Waals surface area contributed by atoms with Gasteiger partial charge in [0.15, 0.2) is 12.1 Å². The summed E-state index contributed by atoms with van der Waals surface area (Å²) in [6.07, 6.45) is -17.8. The molecule has 15 nitrogen and oxygen atoms in total. The maximum absolute atomic E-state index is 13.1. The van der Waals surface area contributed by atoms with E-state index in [0.717, 1.165) is 6.07 Å². The van der Waals surface area contributed by atoms with Gasteiger partial charge in [0.25, 0.3) is 0 Å². The Balaban J connectivity index is 1.43. The molecule has 11 atom stereocenters. The van der Waals surface area contributed by atoms with Gasteiger partial charge in [0.05, 0.1) is 25.2 Å². The maximum Gasteiger partial charge on any atom is 0.186 e. The summed E-state index contributed by atoms with van der Waals surface area (Å²) in [7, 11) is 0. The smallest absolute Gasteiger partial charge is 0.186 e.